The van der Waals surface area contributed by atoms with Gasteiger partial charge < -0.3 is 4.84 Å². The number of alkyl halides is 1. The highest BCUT2D eigenvalue weighted by Crippen LogP contribution is 2.14. The maximum Gasteiger partial charge on any atom is 0.126 e. The van der Waals surface area contributed by atoms with Crippen LogP contribution in [0.4, 0.5) is 0 Å². The van der Waals surface area contributed by atoms with E-state index in [0.717, 1.165) is 27.5 Å². The molecule has 0 atom stereocenters. The molecule has 17 heavy (non-hydrogen) atoms. The fraction of sp³-hybridized carbons (Fsp3) is 0.231. The number of halogens is 1. The van der Waals surface area contributed by atoms with Crippen molar-refractivity contribution < 1.29 is 4.84 Å². The third kappa shape index (κ3) is 3.03. The van der Waals surface area contributed by atoms with Crippen molar-refractivity contribution in [3.8, 4) is 0 Å². The van der Waals surface area contributed by atoms with Crippen LogP contribution in [0.1, 0.15) is 12.5 Å². The van der Waals surface area contributed by atoms with Crippen LogP contribution in [-0.4, -0.2) is 22.6 Å². The number of benzene rings is 1. The summed E-state index contributed by atoms with van der Waals surface area (Å²) in [7, 11) is 0. The minimum Gasteiger partial charge on any atom is -0.395 e. The summed E-state index contributed by atoms with van der Waals surface area (Å²) >= 11 is 3.29. The lowest BCUT2D eigenvalue weighted by Crippen LogP contribution is -1.98. The molecule has 0 bridgehead atoms. The lowest BCUT2D eigenvalue weighted by Gasteiger charge is -2.03. The first-order chi connectivity index (χ1) is 8.31. The minimum absolute atomic E-state index is 0.576. The van der Waals surface area contributed by atoms with Gasteiger partial charge in [-0.1, -0.05) is 33.2 Å². The van der Waals surface area contributed by atoms with Crippen LogP contribution in [-0.2, 0) is 4.84 Å². The summed E-state index contributed by atoms with van der Waals surface area (Å²) in [6.45, 7) is 2.51. The number of pyridine rings is 1. The van der Waals surface area contributed by atoms with E-state index in [1.807, 2.05) is 31.2 Å². The van der Waals surface area contributed by atoms with E-state index >= 15 is 0 Å². The molecule has 0 N–H and O–H groups in total. The number of oxime groups is 1. The first kappa shape index (κ1) is 12.0. The number of fused-ring (bicyclic) bond motifs is 1. The molecule has 0 amide bonds. The molecule has 4 heteroatoms. The maximum absolute atomic E-state index is 5.14. The summed E-state index contributed by atoms with van der Waals surface area (Å²) in [5, 5.41) is 5.95. The summed E-state index contributed by atoms with van der Waals surface area (Å²) in [5.74, 6) is 0. The highest BCUT2D eigenvalue weighted by molar-refractivity contribution is 9.09. The molecule has 2 aromatic rings. The molecule has 88 valence electrons. The molecular formula is C13H13BrN2O. The average Bonchev–Trinajstić information content (AvgIpc) is 2.38. The Balaban J connectivity index is 2.26. The fourth-order valence-corrected chi connectivity index (χ4v) is 1.68. The van der Waals surface area contributed by atoms with Gasteiger partial charge in [-0.2, -0.15) is 0 Å². The van der Waals surface area contributed by atoms with Gasteiger partial charge in [0.05, 0.1) is 11.2 Å². The van der Waals surface area contributed by atoms with Crippen LogP contribution in [0.3, 0.4) is 0 Å². The van der Waals surface area contributed by atoms with Gasteiger partial charge in [-0.3, -0.25) is 4.98 Å². The van der Waals surface area contributed by atoms with Gasteiger partial charge in [0.15, 0.2) is 0 Å². The Hall–Kier alpha value is -1.42. The molecule has 2 rings (SSSR count). The lowest BCUT2D eigenvalue weighted by atomic mass is 10.1. The standard InChI is InChI=1S/C13H13BrN2O/c1-10(16-17-8-6-14)11-4-5-13-12(9-11)3-2-7-15-13/h2-5,7,9H,6,8H2,1H3/b16-10+. The Kier molecular flexibility index (Phi) is 4.09. The SMILES string of the molecule is C/C(=N\OCCBr)c1ccc2ncccc2c1. The van der Waals surface area contributed by atoms with Gasteiger partial charge >= 0.3 is 0 Å². The summed E-state index contributed by atoms with van der Waals surface area (Å²) in [6.07, 6.45) is 1.79. The molecule has 1 heterocycles. The van der Waals surface area contributed by atoms with Crippen LogP contribution in [0.15, 0.2) is 41.7 Å². The first-order valence-electron chi connectivity index (χ1n) is 5.39. The molecule has 1 aromatic heterocycles. The quantitative estimate of drug-likeness (QED) is 0.375. The van der Waals surface area contributed by atoms with E-state index in [2.05, 4.69) is 32.1 Å². The van der Waals surface area contributed by atoms with Crippen LogP contribution in [0, 0.1) is 0 Å². The van der Waals surface area contributed by atoms with Gasteiger partial charge in [-0.25, -0.2) is 0 Å². The summed E-state index contributed by atoms with van der Waals surface area (Å²) in [6, 6.07) is 10.0. The van der Waals surface area contributed by atoms with Crippen molar-refractivity contribution in [2.45, 2.75) is 6.92 Å². The zero-order valence-electron chi connectivity index (χ0n) is 9.56. The van der Waals surface area contributed by atoms with Crippen LogP contribution in [0.25, 0.3) is 10.9 Å². The van der Waals surface area contributed by atoms with Gasteiger partial charge in [0.2, 0.25) is 0 Å². The molecule has 1 aromatic carbocycles. The molecule has 0 aliphatic carbocycles. The Morgan fingerprint density at radius 2 is 2.29 bits per heavy atom. The van der Waals surface area contributed by atoms with Crippen LogP contribution >= 0.6 is 15.9 Å². The molecule has 3 nitrogen and oxygen atoms in total. The lowest BCUT2D eigenvalue weighted by molar-refractivity contribution is 0.162. The number of hydrogen-bond donors (Lipinski definition) is 0. The van der Waals surface area contributed by atoms with Crippen molar-refractivity contribution >= 4 is 32.5 Å². The molecule has 0 saturated heterocycles. The average molecular weight is 293 g/mol. The second-order valence-corrected chi connectivity index (χ2v) is 4.40. The molecule has 0 radical (unpaired) electrons. The van der Waals surface area contributed by atoms with Gasteiger partial charge in [0.25, 0.3) is 0 Å². The number of rotatable bonds is 4. The third-order valence-corrected chi connectivity index (χ3v) is 2.71. The predicted molar refractivity (Wildman–Crippen MR) is 73.7 cm³/mol. The van der Waals surface area contributed by atoms with E-state index < -0.39 is 0 Å². The van der Waals surface area contributed by atoms with Gasteiger partial charge in [0, 0.05) is 16.9 Å². The second kappa shape index (κ2) is 5.77. The van der Waals surface area contributed by atoms with E-state index in [0.29, 0.717) is 6.61 Å². The zero-order chi connectivity index (χ0) is 12.1. The van der Waals surface area contributed by atoms with Gasteiger partial charge in [-0.05, 0) is 30.7 Å². The number of hydrogen-bond acceptors (Lipinski definition) is 3. The summed E-state index contributed by atoms with van der Waals surface area (Å²) in [4.78, 5) is 9.42. The van der Waals surface area contributed by atoms with Gasteiger partial charge in [0.1, 0.15) is 6.61 Å². The number of aromatic nitrogens is 1. The monoisotopic (exact) mass is 292 g/mol. The fourth-order valence-electron chi connectivity index (χ4n) is 1.53. The zero-order valence-corrected chi connectivity index (χ0v) is 11.1. The number of nitrogens with zero attached hydrogens (tertiary/aromatic N) is 2. The van der Waals surface area contributed by atoms with Gasteiger partial charge in [-0.15, -0.1) is 0 Å². The maximum atomic E-state index is 5.14. The van der Waals surface area contributed by atoms with Crippen LogP contribution in [0.2, 0.25) is 0 Å². The molecule has 0 saturated carbocycles. The molecule has 0 spiro atoms. The van der Waals surface area contributed by atoms with E-state index in [4.69, 9.17) is 4.84 Å². The van der Waals surface area contributed by atoms with Crippen LogP contribution < -0.4 is 0 Å². The highest BCUT2D eigenvalue weighted by Gasteiger charge is 2.00. The molecule has 0 aliphatic rings. The Bertz CT molecular complexity index is 540. The molecule has 0 aliphatic heterocycles. The van der Waals surface area contributed by atoms with Crippen molar-refractivity contribution in [1.29, 1.82) is 0 Å². The van der Waals surface area contributed by atoms with E-state index in [1.54, 1.807) is 6.20 Å². The smallest absolute Gasteiger partial charge is 0.126 e. The molecular weight excluding hydrogens is 280 g/mol. The first-order valence-corrected chi connectivity index (χ1v) is 6.51. The largest absolute Gasteiger partial charge is 0.395 e. The van der Waals surface area contributed by atoms with Crippen molar-refractivity contribution in [1.82, 2.24) is 4.98 Å². The molecule has 0 fully saturated rings. The minimum atomic E-state index is 0.576. The topological polar surface area (TPSA) is 34.5 Å². The van der Waals surface area contributed by atoms with Crippen molar-refractivity contribution in [3.63, 3.8) is 0 Å². The van der Waals surface area contributed by atoms with E-state index in [1.165, 1.54) is 0 Å². The predicted octanol–water partition coefficient (Wildman–Crippen LogP) is 3.37. The van der Waals surface area contributed by atoms with Crippen molar-refractivity contribution in [2.75, 3.05) is 11.9 Å². The Morgan fingerprint density at radius 3 is 3.12 bits per heavy atom. The van der Waals surface area contributed by atoms with E-state index in [-0.39, 0.29) is 0 Å². The van der Waals surface area contributed by atoms with Crippen LogP contribution in [0.5, 0.6) is 0 Å². The summed E-state index contributed by atoms with van der Waals surface area (Å²) < 4.78 is 0. The van der Waals surface area contributed by atoms with Crippen molar-refractivity contribution in [2.24, 2.45) is 5.16 Å². The third-order valence-electron chi connectivity index (χ3n) is 2.39. The normalized spacial score (nSPS) is 11.8. The van der Waals surface area contributed by atoms with Crippen molar-refractivity contribution in [3.05, 3.63) is 42.1 Å². The second-order valence-electron chi connectivity index (χ2n) is 3.61. The van der Waals surface area contributed by atoms with E-state index in [9.17, 15) is 0 Å². The summed E-state index contributed by atoms with van der Waals surface area (Å²) in [5.41, 5.74) is 2.92. The Morgan fingerprint density at radius 1 is 1.41 bits per heavy atom. The highest BCUT2D eigenvalue weighted by atomic mass is 79.9. The molecule has 0 unspecified atom stereocenters. The Labute approximate surface area is 109 Å².